The quantitative estimate of drug-likeness (QED) is 0.672. The van der Waals surface area contributed by atoms with Crippen molar-refractivity contribution in [2.24, 2.45) is 0 Å². The third kappa shape index (κ3) is 4.06. The minimum atomic E-state index is -0.637. The molecule has 0 bridgehead atoms. The number of carbonyl (C=O) groups is 1. The molecule has 3 heterocycles. The molecular formula is C21H27ClN6O. The van der Waals surface area contributed by atoms with E-state index >= 15 is 0 Å². The van der Waals surface area contributed by atoms with Crippen LogP contribution in [0.25, 0.3) is 5.69 Å². The van der Waals surface area contributed by atoms with E-state index in [4.69, 9.17) is 0 Å². The molecule has 0 unspecified atom stereocenters. The summed E-state index contributed by atoms with van der Waals surface area (Å²) in [4.78, 5) is 13.3. The van der Waals surface area contributed by atoms with Gasteiger partial charge in [0.2, 0.25) is 5.91 Å². The van der Waals surface area contributed by atoms with E-state index in [1.807, 2.05) is 59.7 Å². The van der Waals surface area contributed by atoms with E-state index < -0.39 is 5.54 Å². The van der Waals surface area contributed by atoms with Gasteiger partial charge in [0.15, 0.2) is 0 Å². The number of para-hydroxylation sites is 1. The van der Waals surface area contributed by atoms with Gasteiger partial charge in [0.05, 0.1) is 11.4 Å². The third-order valence-corrected chi connectivity index (χ3v) is 5.47. The van der Waals surface area contributed by atoms with Crippen LogP contribution in [0.4, 0.5) is 0 Å². The fraction of sp³-hybridized carbons (Fsp3) is 0.381. The molecule has 0 radical (unpaired) electrons. The molecule has 1 saturated heterocycles. The van der Waals surface area contributed by atoms with Gasteiger partial charge in [-0.2, -0.15) is 10.2 Å². The zero-order valence-electron chi connectivity index (χ0n) is 16.8. The molecule has 0 spiro atoms. The molecule has 8 heteroatoms. The van der Waals surface area contributed by atoms with Crippen molar-refractivity contribution in [2.45, 2.75) is 38.8 Å². The second-order valence-corrected chi connectivity index (χ2v) is 7.38. The summed E-state index contributed by atoms with van der Waals surface area (Å²) in [5.74, 6) is 0.0147. The lowest BCUT2D eigenvalue weighted by molar-refractivity contribution is -0.132. The molecule has 1 aliphatic heterocycles. The van der Waals surface area contributed by atoms with Gasteiger partial charge in [0.1, 0.15) is 5.54 Å². The number of rotatable bonds is 5. The molecule has 7 nitrogen and oxygen atoms in total. The fourth-order valence-corrected chi connectivity index (χ4v) is 4.00. The Labute approximate surface area is 176 Å². The summed E-state index contributed by atoms with van der Waals surface area (Å²) in [6, 6.07) is 12.0. The van der Waals surface area contributed by atoms with Gasteiger partial charge >= 0.3 is 0 Å². The Hall–Kier alpha value is -2.64. The number of aromatic nitrogens is 4. The molecule has 2 N–H and O–H groups in total. The van der Waals surface area contributed by atoms with Crippen LogP contribution in [-0.2, 0) is 16.9 Å². The van der Waals surface area contributed by atoms with Gasteiger partial charge in [-0.3, -0.25) is 9.48 Å². The monoisotopic (exact) mass is 414 g/mol. The van der Waals surface area contributed by atoms with Gasteiger partial charge in [-0.15, -0.1) is 12.4 Å². The lowest BCUT2D eigenvalue weighted by Crippen LogP contribution is -2.54. The first-order chi connectivity index (χ1) is 13.6. The normalized spacial score (nSPS) is 15.5. The van der Waals surface area contributed by atoms with Crippen molar-refractivity contribution in [3.05, 3.63) is 65.7 Å². The van der Waals surface area contributed by atoms with Crippen LogP contribution in [0.15, 0.2) is 48.8 Å². The highest BCUT2D eigenvalue weighted by Gasteiger charge is 2.41. The summed E-state index contributed by atoms with van der Waals surface area (Å²) in [7, 11) is 0. The van der Waals surface area contributed by atoms with E-state index in [-0.39, 0.29) is 18.3 Å². The summed E-state index contributed by atoms with van der Waals surface area (Å²) in [6.45, 7) is 6.07. The molecule has 0 saturated carbocycles. The Kier molecular flexibility index (Phi) is 6.39. The van der Waals surface area contributed by atoms with Crippen molar-refractivity contribution in [1.29, 1.82) is 0 Å². The summed E-state index contributed by atoms with van der Waals surface area (Å²) in [5.41, 5.74) is 3.44. The van der Waals surface area contributed by atoms with Gasteiger partial charge in [-0.25, -0.2) is 4.68 Å². The maximum Gasteiger partial charge on any atom is 0.248 e. The average Bonchev–Trinajstić information content (AvgIpc) is 3.37. The van der Waals surface area contributed by atoms with Crippen LogP contribution in [0.5, 0.6) is 0 Å². The van der Waals surface area contributed by atoms with Gasteiger partial charge in [0, 0.05) is 24.6 Å². The minimum Gasteiger partial charge on any atom is -0.350 e. The lowest BCUT2D eigenvalue weighted by Gasteiger charge is -2.36. The number of halogens is 1. The zero-order chi connectivity index (χ0) is 19.6. The number of nitrogens with zero attached hydrogens (tertiary/aromatic N) is 4. The standard InChI is InChI=1S/C21H26N6O.ClH/c1-16-14-17(2)27(25-16)19-7-4-3-6-18(19)15-23-20(28)21(8-11-22-12-9-21)26-13-5-10-24-26;/h3-7,10,13-14,22H,8-9,11-12,15H2,1-2H3,(H,23,28);1H. The molecule has 0 aliphatic carbocycles. The van der Waals surface area contributed by atoms with Crippen molar-refractivity contribution < 1.29 is 4.79 Å². The van der Waals surface area contributed by atoms with E-state index in [0.717, 1.165) is 48.6 Å². The van der Waals surface area contributed by atoms with Crippen molar-refractivity contribution in [2.75, 3.05) is 13.1 Å². The molecule has 1 aliphatic rings. The minimum absolute atomic E-state index is 0. The highest BCUT2D eigenvalue weighted by molar-refractivity contribution is 5.85. The Morgan fingerprint density at radius 1 is 1.21 bits per heavy atom. The number of nitrogens with one attached hydrogen (secondary N) is 2. The van der Waals surface area contributed by atoms with Crippen molar-refractivity contribution in [1.82, 2.24) is 30.2 Å². The number of carbonyl (C=O) groups excluding carboxylic acids is 1. The first kappa shape index (κ1) is 21.1. The largest absolute Gasteiger partial charge is 0.350 e. The van der Waals surface area contributed by atoms with Crippen LogP contribution in [0.2, 0.25) is 0 Å². The topological polar surface area (TPSA) is 76.8 Å². The van der Waals surface area contributed by atoms with E-state index in [0.29, 0.717) is 6.54 Å². The van der Waals surface area contributed by atoms with Gasteiger partial charge in [-0.1, -0.05) is 18.2 Å². The van der Waals surface area contributed by atoms with Crippen LogP contribution in [0, 0.1) is 13.8 Å². The van der Waals surface area contributed by atoms with Gasteiger partial charge in [0.25, 0.3) is 0 Å². The Bertz CT molecular complexity index is 959. The lowest BCUT2D eigenvalue weighted by atomic mass is 9.87. The highest BCUT2D eigenvalue weighted by atomic mass is 35.5. The number of hydrogen-bond donors (Lipinski definition) is 2. The van der Waals surface area contributed by atoms with E-state index in [2.05, 4.69) is 26.9 Å². The second kappa shape index (κ2) is 8.80. The molecule has 1 fully saturated rings. The first-order valence-electron chi connectivity index (χ1n) is 9.71. The Morgan fingerprint density at radius 3 is 2.62 bits per heavy atom. The molecule has 29 heavy (non-hydrogen) atoms. The number of hydrogen-bond acceptors (Lipinski definition) is 4. The van der Waals surface area contributed by atoms with E-state index in [1.54, 1.807) is 6.20 Å². The molecule has 1 amide bonds. The highest BCUT2D eigenvalue weighted by Crippen LogP contribution is 2.27. The fourth-order valence-electron chi connectivity index (χ4n) is 4.00. The average molecular weight is 415 g/mol. The number of benzene rings is 1. The number of piperidine rings is 1. The predicted molar refractivity (Wildman–Crippen MR) is 114 cm³/mol. The third-order valence-electron chi connectivity index (χ3n) is 5.47. The Morgan fingerprint density at radius 2 is 1.97 bits per heavy atom. The molecule has 4 rings (SSSR count). The summed E-state index contributed by atoms with van der Waals surface area (Å²) >= 11 is 0. The molecule has 2 aromatic heterocycles. The van der Waals surface area contributed by atoms with Gasteiger partial charge < -0.3 is 10.6 Å². The van der Waals surface area contributed by atoms with Crippen LogP contribution in [0.1, 0.15) is 29.8 Å². The van der Waals surface area contributed by atoms with Crippen molar-refractivity contribution in [3.63, 3.8) is 0 Å². The van der Waals surface area contributed by atoms with Gasteiger partial charge in [-0.05, 0) is 63.5 Å². The molecule has 0 atom stereocenters. The molecule has 154 valence electrons. The van der Waals surface area contributed by atoms with E-state index in [9.17, 15) is 4.79 Å². The SMILES string of the molecule is Cc1cc(C)n(-c2ccccc2CNC(=O)C2(n3cccn3)CCNCC2)n1.Cl. The van der Waals surface area contributed by atoms with Crippen LogP contribution >= 0.6 is 12.4 Å². The van der Waals surface area contributed by atoms with E-state index in [1.165, 1.54) is 0 Å². The van der Waals surface area contributed by atoms with Crippen LogP contribution < -0.4 is 10.6 Å². The second-order valence-electron chi connectivity index (χ2n) is 7.38. The smallest absolute Gasteiger partial charge is 0.248 e. The number of aryl methyl sites for hydroxylation is 2. The molecule has 1 aromatic carbocycles. The van der Waals surface area contributed by atoms with Crippen molar-refractivity contribution >= 4 is 18.3 Å². The number of amides is 1. The van der Waals surface area contributed by atoms with Crippen LogP contribution in [-0.4, -0.2) is 38.6 Å². The maximum absolute atomic E-state index is 13.3. The zero-order valence-corrected chi connectivity index (χ0v) is 17.6. The predicted octanol–water partition coefficient (Wildman–Crippen LogP) is 2.50. The van der Waals surface area contributed by atoms with Crippen LogP contribution in [0.3, 0.4) is 0 Å². The summed E-state index contributed by atoms with van der Waals surface area (Å²) in [6.07, 6.45) is 5.06. The molecular weight excluding hydrogens is 388 g/mol. The summed E-state index contributed by atoms with van der Waals surface area (Å²) < 4.78 is 3.75. The van der Waals surface area contributed by atoms with Crippen molar-refractivity contribution in [3.8, 4) is 5.69 Å². The first-order valence-corrected chi connectivity index (χ1v) is 9.71. The summed E-state index contributed by atoms with van der Waals surface area (Å²) in [5, 5.41) is 15.5. The molecule has 3 aromatic rings. The Balaban J connectivity index is 0.00000240. The maximum atomic E-state index is 13.3.